The van der Waals surface area contributed by atoms with Crippen LogP contribution < -0.4 is 5.32 Å². The summed E-state index contributed by atoms with van der Waals surface area (Å²) in [7, 11) is 0. The van der Waals surface area contributed by atoms with E-state index in [9.17, 15) is 0 Å². The van der Waals surface area contributed by atoms with Gasteiger partial charge >= 0.3 is 0 Å². The van der Waals surface area contributed by atoms with Gasteiger partial charge in [0.25, 0.3) is 0 Å². The molecule has 1 heterocycles. The number of hydrogen-bond acceptors (Lipinski definition) is 1. The maximum Gasteiger partial charge on any atom is 0.0411 e. The van der Waals surface area contributed by atoms with Gasteiger partial charge in [0.1, 0.15) is 0 Å². The van der Waals surface area contributed by atoms with Crippen molar-refractivity contribution in [3.63, 3.8) is 0 Å². The highest BCUT2D eigenvalue weighted by Crippen LogP contribution is 2.43. The number of anilines is 1. The number of fused-ring (bicyclic) bond motifs is 1. The highest BCUT2D eigenvalue weighted by atomic mass is 14.9. The summed E-state index contributed by atoms with van der Waals surface area (Å²) in [6.45, 7) is 14.9. The first kappa shape index (κ1) is 12.5. The van der Waals surface area contributed by atoms with Crippen LogP contribution in [0.5, 0.6) is 0 Å². The van der Waals surface area contributed by atoms with Gasteiger partial charge in [0.15, 0.2) is 0 Å². The second-order valence-electron chi connectivity index (χ2n) is 6.08. The van der Waals surface area contributed by atoms with Crippen LogP contribution in [0.25, 0.3) is 0 Å². The molecular weight excluding hydrogens is 206 g/mol. The van der Waals surface area contributed by atoms with Gasteiger partial charge in [-0.2, -0.15) is 0 Å². The van der Waals surface area contributed by atoms with E-state index in [2.05, 4.69) is 52.9 Å². The molecule has 0 fully saturated rings. The zero-order chi connectivity index (χ0) is 12.7. The Morgan fingerprint density at radius 1 is 1.18 bits per heavy atom. The van der Waals surface area contributed by atoms with Gasteiger partial charge < -0.3 is 5.32 Å². The molecule has 94 valence electrons. The summed E-state index contributed by atoms with van der Waals surface area (Å²) in [4.78, 5) is 0. The molecule has 1 aliphatic rings. The molecule has 0 spiro atoms. The molecule has 1 nitrogen and oxygen atoms in total. The van der Waals surface area contributed by atoms with E-state index in [0.717, 1.165) is 6.54 Å². The molecule has 1 N–H and O–H groups in total. The Morgan fingerprint density at radius 2 is 1.82 bits per heavy atom. The van der Waals surface area contributed by atoms with Crippen LogP contribution in [0, 0.1) is 19.8 Å². The predicted octanol–water partition coefficient (Wildman–Crippen LogP) is 4.59. The van der Waals surface area contributed by atoms with Gasteiger partial charge in [-0.1, -0.05) is 33.8 Å². The Kier molecular flexibility index (Phi) is 3.20. The lowest BCUT2D eigenvalue weighted by Crippen LogP contribution is -2.10. The van der Waals surface area contributed by atoms with E-state index >= 15 is 0 Å². The minimum absolute atomic E-state index is 0.615. The molecule has 1 aromatic rings. The second kappa shape index (κ2) is 4.36. The second-order valence-corrected chi connectivity index (χ2v) is 6.08. The molecule has 1 aromatic carbocycles. The molecule has 0 radical (unpaired) electrons. The number of rotatable bonds is 2. The maximum absolute atomic E-state index is 3.64. The molecule has 17 heavy (non-hydrogen) atoms. The molecule has 1 atom stereocenters. The lowest BCUT2D eigenvalue weighted by atomic mass is 9.82. The number of benzene rings is 1. The van der Waals surface area contributed by atoms with Crippen molar-refractivity contribution < 1.29 is 0 Å². The standard InChI is InChI=1S/C16H25N/c1-9(2)13-7-11(5)12(6)16-15(13)14(8-17-16)10(3)4/h7,9-10,14,17H,8H2,1-6H3. The Labute approximate surface area is 106 Å². The Balaban J connectivity index is 2.64. The van der Waals surface area contributed by atoms with Gasteiger partial charge in [-0.15, -0.1) is 0 Å². The largest absolute Gasteiger partial charge is 0.384 e. The molecule has 0 amide bonds. The molecule has 2 rings (SSSR count). The van der Waals surface area contributed by atoms with Crippen LogP contribution in [-0.2, 0) is 0 Å². The van der Waals surface area contributed by atoms with Crippen molar-refractivity contribution in [2.75, 3.05) is 11.9 Å². The summed E-state index contributed by atoms with van der Waals surface area (Å²) >= 11 is 0. The third-order valence-corrected chi connectivity index (χ3v) is 4.22. The van der Waals surface area contributed by atoms with Gasteiger partial charge in [0.2, 0.25) is 0 Å². The van der Waals surface area contributed by atoms with Gasteiger partial charge in [0, 0.05) is 18.2 Å². The molecule has 0 saturated carbocycles. The van der Waals surface area contributed by atoms with Crippen molar-refractivity contribution in [3.05, 3.63) is 28.3 Å². The number of aryl methyl sites for hydroxylation is 1. The van der Waals surface area contributed by atoms with E-state index in [4.69, 9.17) is 0 Å². The first-order valence-corrected chi connectivity index (χ1v) is 6.81. The normalized spacial score (nSPS) is 18.7. The molecule has 0 saturated heterocycles. The van der Waals surface area contributed by atoms with Crippen LogP contribution in [0.1, 0.15) is 61.8 Å². The quantitative estimate of drug-likeness (QED) is 0.785. The highest BCUT2D eigenvalue weighted by Gasteiger charge is 2.30. The SMILES string of the molecule is Cc1cc(C(C)C)c2c(c1C)NCC2C(C)C. The van der Waals surface area contributed by atoms with Crippen LogP contribution in [0.4, 0.5) is 5.69 Å². The predicted molar refractivity (Wildman–Crippen MR) is 76.1 cm³/mol. The lowest BCUT2D eigenvalue weighted by Gasteiger charge is -2.21. The zero-order valence-corrected chi connectivity index (χ0v) is 12.0. The third kappa shape index (κ3) is 1.96. The van der Waals surface area contributed by atoms with Crippen molar-refractivity contribution in [3.8, 4) is 0 Å². The smallest absolute Gasteiger partial charge is 0.0411 e. The number of nitrogens with one attached hydrogen (secondary N) is 1. The molecule has 0 aromatic heterocycles. The van der Waals surface area contributed by atoms with E-state index in [0.29, 0.717) is 17.8 Å². The summed E-state index contributed by atoms with van der Waals surface area (Å²) in [5, 5.41) is 3.64. The number of hydrogen-bond donors (Lipinski definition) is 1. The average molecular weight is 231 g/mol. The molecule has 0 bridgehead atoms. The van der Waals surface area contributed by atoms with E-state index in [1.54, 1.807) is 11.1 Å². The van der Waals surface area contributed by atoms with Crippen molar-refractivity contribution in [1.29, 1.82) is 0 Å². The minimum Gasteiger partial charge on any atom is -0.384 e. The molecular formula is C16H25N. The molecule has 1 heteroatoms. The summed E-state index contributed by atoms with van der Waals surface area (Å²) in [6.07, 6.45) is 0. The van der Waals surface area contributed by atoms with Crippen molar-refractivity contribution in [2.45, 2.75) is 53.4 Å². The van der Waals surface area contributed by atoms with Crippen molar-refractivity contribution >= 4 is 5.69 Å². The fourth-order valence-electron chi connectivity index (χ4n) is 2.95. The monoisotopic (exact) mass is 231 g/mol. The van der Waals surface area contributed by atoms with Gasteiger partial charge in [-0.3, -0.25) is 0 Å². The Morgan fingerprint density at radius 3 is 2.35 bits per heavy atom. The highest BCUT2D eigenvalue weighted by molar-refractivity contribution is 5.68. The van der Waals surface area contributed by atoms with Crippen LogP contribution in [-0.4, -0.2) is 6.54 Å². The minimum atomic E-state index is 0.615. The first-order valence-electron chi connectivity index (χ1n) is 6.81. The van der Waals surface area contributed by atoms with E-state index in [1.807, 2.05) is 0 Å². The van der Waals surface area contributed by atoms with E-state index in [1.165, 1.54) is 16.8 Å². The third-order valence-electron chi connectivity index (χ3n) is 4.22. The topological polar surface area (TPSA) is 12.0 Å². The van der Waals surface area contributed by atoms with Gasteiger partial charge in [-0.25, -0.2) is 0 Å². The van der Waals surface area contributed by atoms with Crippen LogP contribution in [0.15, 0.2) is 6.07 Å². The fraction of sp³-hybridized carbons (Fsp3) is 0.625. The van der Waals surface area contributed by atoms with Crippen molar-refractivity contribution in [1.82, 2.24) is 0 Å². The molecule has 1 aliphatic heterocycles. The van der Waals surface area contributed by atoms with Gasteiger partial charge in [-0.05, 0) is 47.9 Å². The van der Waals surface area contributed by atoms with Crippen molar-refractivity contribution in [2.24, 2.45) is 5.92 Å². The van der Waals surface area contributed by atoms with Crippen LogP contribution in [0.3, 0.4) is 0 Å². The Bertz CT molecular complexity index is 430. The fourth-order valence-corrected chi connectivity index (χ4v) is 2.95. The van der Waals surface area contributed by atoms with Crippen LogP contribution >= 0.6 is 0 Å². The zero-order valence-electron chi connectivity index (χ0n) is 12.0. The van der Waals surface area contributed by atoms with E-state index in [-0.39, 0.29) is 0 Å². The summed E-state index contributed by atoms with van der Waals surface area (Å²) in [5.74, 6) is 2.01. The summed E-state index contributed by atoms with van der Waals surface area (Å²) < 4.78 is 0. The average Bonchev–Trinajstić information content (AvgIpc) is 2.67. The van der Waals surface area contributed by atoms with E-state index < -0.39 is 0 Å². The lowest BCUT2D eigenvalue weighted by molar-refractivity contribution is 0.528. The molecule has 0 aliphatic carbocycles. The molecule has 1 unspecified atom stereocenters. The Hall–Kier alpha value is -0.980. The summed E-state index contributed by atoms with van der Waals surface area (Å²) in [5.41, 5.74) is 7.43. The summed E-state index contributed by atoms with van der Waals surface area (Å²) in [6, 6.07) is 2.40. The first-order chi connectivity index (χ1) is 7.93. The van der Waals surface area contributed by atoms with Crippen LogP contribution in [0.2, 0.25) is 0 Å². The maximum atomic E-state index is 3.64. The van der Waals surface area contributed by atoms with Gasteiger partial charge in [0.05, 0.1) is 0 Å².